The lowest BCUT2D eigenvalue weighted by Gasteiger charge is -2.06. The number of fused-ring (bicyclic) bond motifs is 1. The molecule has 0 saturated heterocycles. The van der Waals surface area contributed by atoms with Crippen LogP contribution in [0, 0.1) is 0 Å². The standard InChI is InChI=1S/C10H13NO3S/c1-2-7-6-11-10-5-8(15(12,13)14)3-4-9(7)10/h3-5,7,11H,2,6H2,1H3,(H,12,13,14). The lowest BCUT2D eigenvalue weighted by Crippen LogP contribution is -1.99. The van der Waals surface area contributed by atoms with Crippen molar-refractivity contribution in [3.63, 3.8) is 0 Å². The molecule has 1 aromatic rings. The number of anilines is 1. The van der Waals surface area contributed by atoms with Gasteiger partial charge in [-0.05, 0) is 24.1 Å². The molecule has 1 atom stereocenters. The lowest BCUT2D eigenvalue weighted by molar-refractivity contribution is 0.483. The fourth-order valence-electron chi connectivity index (χ4n) is 1.91. The average Bonchev–Trinajstić information content (AvgIpc) is 2.58. The summed E-state index contributed by atoms with van der Waals surface area (Å²) in [4.78, 5) is -0.0505. The second-order valence-corrected chi connectivity index (χ2v) is 5.13. The predicted molar refractivity (Wildman–Crippen MR) is 57.8 cm³/mol. The zero-order chi connectivity index (χ0) is 11.1. The first-order valence-electron chi connectivity index (χ1n) is 4.87. The Morgan fingerprint density at radius 1 is 1.53 bits per heavy atom. The van der Waals surface area contributed by atoms with Gasteiger partial charge in [0.1, 0.15) is 0 Å². The Kier molecular flexibility index (Phi) is 2.44. The fourth-order valence-corrected chi connectivity index (χ4v) is 2.42. The van der Waals surface area contributed by atoms with E-state index in [1.807, 2.05) is 0 Å². The molecule has 1 unspecified atom stereocenters. The number of nitrogens with one attached hydrogen (secondary N) is 1. The van der Waals surface area contributed by atoms with Crippen LogP contribution in [-0.2, 0) is 10.1 Å². The van der Waals surface area contributed by atoms with Crippen molar-refractivity contribution >= 4 is 15.8 Å². The van der Waals surface area contributed by atoms with Crippen molar-refractivity contribution in [1.82, 2.24) is 0 Å². The number of hydrogen-bond acceptors (Lipinski definition) is 3. The Hall–Kier alpha value is -1.07. The van der Waals surface area contributed by atoms with Gasteiger partial charge in [0.05, 0.1) is 4.90 Å². The molecular weight excluding hydrogens is 214 g/mol. The Morgan fingerprint density at radius 3 is 2.87 bits per heavy atom. The molecule has 1 aromatic carbocycles. The Morgan fingerprint density at radius 2 is 2.27 bits per heavy atom. The molecule has 2 N–H and O–H groups in total. The van der Waals surface area contributed by atoms with Crippen LogP contribution in [0.1, 0.15) is 24.8 Å². The van der Waals surface area contributed by atoms with Crippen molar-refractivity contribution in [2.75, 3.05) is 11.9 Å². The van der Waals surface area contributed by atoms with E-state index in [1.54, 1.807) is 6.07 Å². The molecule has 4 nitrogen and oxygen atoms in total. The maximum Gasteiger partial charge on any atom is 0.294 e. The summed E-state index contributed by atoms with van der Waals surface area (Å²) in [5, 5.41) is 3.14. The van der Waals surface area contributed by atoms with Gasteiger partial charge in [0.15, 0.2) is 0 Å². The van der Waals surface area contributed by atoms with Crippen LogP contribution in [0.15, 0.2) is 23.1 Å². The molecule has 15 heavy (non-hydrogen) atoms. The van der Waals surface area contributed by atoms with Gasteiger partial charge in [-0.25, -0.2) is 0 Å². The van der Waals surface area contributed by atoms with Gasteiger partial charge < -0.3 is 5.32 Å². The minimum atomic E-state index is -4.09. The minimum Gasteiger partial charge on any atom is -0.384 e. The molecule has 0 saturated carbocycles. The first-order valence-corrected chi connectivity index (χ1v) is 6.31. The molecule has 0 radical (unpaired) electrons. The second kappa shape index (κ2) is 3.50. The van der Waals surface area contributed by atoms with Gasteiger partial charge >= 0.3 is 0 Å². The Balaban J connectivity index is 2.46. The Bertz CT molecular complexity index is 481. The average molecular weight is 227 g/mol. The molecule has 0 bridgehead atoms. The highest BCUT2D eigenvalue weighted by molar-refractivity contribution is 7.85. The molecule has 2 rings (SSSR count). The van der Waals surface area contributed by atoms with E-state index in [9.17, 15) is 8.42 Å². The van der Waals surface area contributed by atoms with Crippen LogP contribution in [0.3, 0.4) is 0 Å². The monoisotopic (exact) mass is 227 g/mol. The summed E-state index contributed by atoms with van der Waals surface area (Å²) >= 11 is 0. The molecule has 0 aliphatic carbocycles. The summed E-state index contributed by atoms with van der Waals surface area (Å²) in [7, 11) is -4.09. The highest BCUT2D eigenvalue weighted by Crippen LogP contribution is 2.34. The third kappa shape index (κ3) is 1.85. The molecule has 0 fully saturated rings. The molecule has 0 aromatic heterocycles. The summed E-state index contributed by atoms with van der Waals surface area (Å²) in [6.45, 7) is 2.93. The summed E-state index contributed by atoms with van der Waals surface area (Å²) in [5.74, 6) is 0.440. The number of hydrogen-bond donors (Lipinski definition) is 2. The topological polar surface area (TPSA) is 66.4 Å². The third-order valence-electron chi connectivity index (χ3n) is 2.79. The fraction of sp³-hybridized carbons (Fsp3) is 0.400. The maximum absolute atomic E-state index is 10.9. The molecule has 1 heterocycles. The van der Waals surface area contributed by atoms with E-state index < -0.39 is 10.1 Å². The smallest absolute Gasteiger partial charge is 0.294 e. The van der Waals surface area contributed by atoms with Crippen LogP contribution in [0.2, 0.25) is 0 Å². The number of rotatable bonds is 2. The highest BCUT2D eigenvalue weighted by Gasteiger charge is 2.22. The largest absolute Gasteiger partial charge is 0.384 e. The molecule has 1 aliphatic rings. The molecule has 0 spiro atoms. The molecular formula is C10H13NO3S. The van der Waals surface area contributed by atoms with Crippen LogP contribution >= 0.6 is 0 Å². The van der Waals surface area contributed by atoms with Gasteiger partial charge in [-0.2, -0.15) is 8.42 Å². The van der Waals surface area contributed by atoms with E-state index in [2.05, 4.69) is 12.2 Å². The van der Waals surface area contributed by atoms with E-state index >= 15 is 0 Å². The number of benzene rings is 1. The van der Waals surface area contributed by atoms with Crippen molar-refractivity contribution in [2.24, 2.45) is 0 Å². The lowest BCUT2D eigenvalue weighted by atomic mass is 9.99. The normalized spacial score (nSPS) is 19.7. The molecule has 0 amide bonds. The van der Waals surface area contributed by atoms with Crippen molar-refractivity contribution in [1.29, 1.82) is 0 Å². The predicted octanol–water partition coefficient (Wildman–Crippen LogP) is 1.85. The van der Waals surface area contributed by atoms with E-state index in [0.29, 0.717) is 5.92 Å². The van der Waals surface area contributed by atoms with Crippen LogP contribution in [0.5, 0.6) is 0 Å². The minimum absolute atomic E-state index is 0.0505. The zero-order valence-electron chi connectivity index (χ0n) is 8.40. The van der Waals surface area contributed by atoms with E-state index in [4.69, 9.17) is 4.55 Å². The van der Waals surface area contributed by atoms with Gasteiger partial charge in [0, 0.05) is 18.2 Å². The first-order chi connectivity index (χ1) is 7.02. The van der Waals surface area contributed by atoms with Gasteiger partial charge in [-0.15, -0.1) is 0 Å². The molecule has 5 heteroatoms. The molecule has 1 aliphatic heterocycles. The summed E-state index contributed by atoms with van der Waals surface area (Å²) in [6.07, 6.45) is 1.02. The second-order valence-electron chi connectivity index (χ2n) is 3.71. The van der Waals surface area contributed by atoms with E-state index in [-0.39, 0.29) is 4.90 Å². The van der Waals surface area contributed by atoms with E-state index in [1.165, 1.54) is 12.1 Å². The van der Waals surface area contributed by atoms with Gasteiger partial charge in [0.25, 0.3) is 10.1 Å². The van der Waals surface area contributed by atoms with Gasteiger partial charge in [-0.3, -0.25) is 4.55 Å². The van der Waals surface area contributed by atoms with Crippen LogP contribution in [0.25, 0.3) is 0 Å². The molecule has 82 valence electrons. The summed E-state index contributed by atoms with van der Waals surface area (Å²) in [6, 6.07) is 4.71. The van der Waals surface area contributed by atoms with Gasteiger partial charge in [-0.1, -0.05) is 13.0 Å². The van der Waals surface area contributed by atoms with Crippen LogP contribution < -0.4 is 5.32 Å². The summed E-state index contributed by atoms with van der Waals surface area (Å²) in [5.41, 5.74) is 1.95. The van der Waals surface area contributed by atoms with Crippen molar-refractivity contribution in [2.45, 2.75) is 24.2 Å². The van der Waals surface area contributed by atoms with Crippen molar-refractivity contribution in [3.05, 3.63) is 23.8 Å². The quantitative estimate of drug-likeness (QED) is 0.757. The SMILES string of the molecule is CCC1CNc2cc(S(=O)(=O)O)ccc21. The Labute approximate surface area is 89.1 Å². The van der Waals surface area contributed by atoms with E-state index in [0.717, 1.165) is 24.2 Å². The summed E-state index contributed by atoms with van der Waals surface area (Å²) < 4.78 is 30.7. The van der Waals surface area contributed by atoms with Crippen molar-refractivity contribution < 1.29 is 13.0 Å². The zero-order valence-corrected chi connectivity index (χ0v) is 9.21. The highest BCUT2D eigenvalue weighted by atomic mass is 32.2. The van der Waals surface area contributed by atoms with Crippen molar-refractivity contribution in [3.8, 4) is 0 Å². The van der Waals surface area contributed by atoms with Crippen LogP contribution in [0.4, 0.5) is 5.69 Å². The third-order valence-corrected chi connectivity index (χ3v) is 3.64. The van der Waals surface area contributed by atoms with Crippen LogP contribution in [-0.4, -0.2) is 19.5 Å². The van der Waals surface area contributed by atoms with Gasteiger partial charge in [0.2, 0.25) is 0 Å². The maximum atomic E-state index is 10.9. The first kappa shape index (κ1) is 10.4.